The van der Waals surface area contributed by atoms with Gasteiger partial charge in [0.25, 0.3) is 0 Å². The van der Waals surface area contributed by atoms with E-state index in [9.17, 15) is 4.79 Å². The van der Waals surface area contributed by atoms with Crippen LogP contribution in [0.5, 0.6) is 0 Å². The average Bonchev–Trinajstić information content (AvgIpc) is 2.26. The molecule has 0 fully saturated rings. The maximum absolute atomic E-state index is 10.9. The third-order valence-electron chi connectivity index (χ3n) is 1.93. The van der Waals surface area contributed by atoms with E-state index in [-0.39, 0.29) is 5.91 Å². The van der Waals surface area contributed by atoms with E-state index in [0.717, 1.165) is 5.56 Å². The normalized spacial score (nSPS) is 9.47. The van der Waals surface area contributed by atoms with Gasteiger partial charge in [0.05, 0.1) is 0 Å². The molecule has 0 unspecified atom stereocenters. The Hall–Kier alpha value is -1.59. The molecule has 0 radical (unpaired) electrons. The van der Waals surface area contributed by atoms with Crippen molar-refractivity contribution in [3.63, 3.8) is 0 Å². The molecule has 1 aromatic rings. The highest BCUT2D eigenvalue weighted by molar-refractivity contribution is 6.58. The zero-order valence-electron chi connectivity index (χ0n) is 8.18. The van der Waals surface area contributed by atoms with Gasteiger partial charge in [0.1, 0.15) is 0 Å². The lowest BCUT2D eigenvalue weighted by molar-refractivity contribution is -0.116. The van der Waals surface area contributed by atoms with E-state index >= 15 is 0 Å². The van der Waals surface area contributed by atoms with E-state index in [1.165, 1.54) is 6.08 Å². The number of hydrogen-bond donors (Lipinski definition) is 3. The molecule has 0 bridgehead atoms. The molecule has 5 heteroatoms. The van der Waals surface area contributed by atoms with Gasteiger partial charge in [-0.2, -0.15) is 0 Å². The first-order valence-corrected chi connectivity index (χ1v) is 4.48. The lowest BCUT2D eigenvalue weighted by atomic mass is 9.80. The number of carbonyl (C=O) groups excluding carboxylic acids is 1. The molecule has 0 aliphatic rings. The maximum atomic E-state index is 10.9. The molecule has 0 aliphatic heterocycles. The fraction of sp³-hybridized carbons (Fsp3) is 0.100. The Morgan fingerprint density at radius 2 is 2.00 bits per heavy atom. The molecule has 4 nitrogen and oxygen atoms in total. The van der Waals surface area contributed by atoms with E-state index in [1.807, 2.05) is 0 Å². The molecular formula is C10H12BNO3. The summed E-state index contributed by atoms with van der Waals surface area (Å²) in [6.45, 7) is 3.73. The molecule has 0 spiro atoms. The van der Waals surface area contributed by atoms with Crippen LogP contribution in [0.15, 0.2) is 36.9 Å². The quantitative estimate of drug-likeness (QED) is 0.443. The van der Waals surface area contributed by atoms with Crippen molar-refractivity contribution in [3.05, 3.63) is 42.5 Å². The first-order chi connectivity index (χ1) is 7.13. The van der Waals surface area contributed by atoms with Crippen molar-refractivity contribution in [2.45, 2.75) is 6.54 Å². The zero-order chi connectivity index (χ0) is 11.3. The van der Waals surface area contributed by atoms with Crippen molar-refractivity contribution < 1.29 is 14.8 Å². The molecule has 0 aromatic heterocycles. The molecule has 0 saturated heterocycles. The second-order valence-electron chi connectivity index (χ2n) is 3.04. The molecule has 0 saturated carbocycles. The first-order valence-electron chi connectivity index (χ1n) is 4.48. The Labute approximate surface area is 88.4 Å². The van der Waals surface area contributed by atoms with E-state index < -0.39 is 7.12 Å². The van der Waals surface area contributed by atoms with Gasteiger partial charge in [-0.25, -0.2) is 0 Å². The van der Waals surface area contributed by atoms with Crippen molar-refractivity contribution in [1.29, 1.82) is 0 Å². The van der Waals surface area contributed by atoms with Gasteiger partial charge < -0.3 is 15.4 Å². The predicted molar refractivity (Wildman–Crippen MR) is 58.3 cm³/mol. The minimum Gasteiger partial charge on any atom is -0.423 e. The molecule has 0 atom stereocenters. The van der Waals surface area contributed by atoms with E-state index in [4.69, 9.17) is 10.0 Å². The predicted octanol–water partition coefficient (Wildman–Crippen LogP) is -0.831. The van der Waals surface area contributed by atoms with E-state index in [2.05, 4.69) is 11.9 Å². The van der Waals surface area contributed by atoms with Crippen LogP contribution in [0, 0.1) is 0 Å². The lowest BCUT2D eigenvalue weighted by Crippen LogP contribution is -2.29. The van der Waals surface area contributed by atoms with Gasteiger partial charge in [-0.3, -0.25) is 4.79 Å². The topological polar surface area (TPSA) is 69.6 Å². The summed E-state index contributed by atoms with van der Waals surface area (Å²) in [6, 6.07) is 6.64. The highest BCUT2D eigenvalue weighted by Gasteiger charge is 2.09. The summed E-state index contributed by atoms with van der Waals surface area (Å²) >= 11 is 0. The minimum absolute atomic E-state index is 0.235. The smallest absolute Gasteiger partial charge is 0.423 e. The van der Waals surface area contributed by atoms with Gasteiger partial charge in [0.15, 0.2) is 0 Å². The first kappa shape index (κ1) is 11.5. The Morgan fingerprint density at radius 1 is 1.40 bits per heavy atom. The Morgan fingerprint density at radius 3 is 2.47 bits per heavy atom. The van der Waals surface area contributed by atoms with Gasteiger partial charge in [0.2, 0.25) is 5.91 Å². The van der Waals surface area contributed by atoms with Crippen molar-refractivity contribution in [2.75, 3.05) is 0 Å². The molecule has 15 heavy (non-hydrogen) atoms. The van der Waals surface area contributed by atoms with Crippen LogP contribution in [0.1, 0.15) is 5.56 Å². The van der Waals surface area contributed by atoms with Crippen LogP contribution in [-0.4, -0.2) is 23.1 Å². The van der Waals surface area contributed by atoms with Crippen molar-refractivity contribution in [3.8, 4) is 0 Å². The SMILES string of the molecule is C=CC(=O)NCc1ccc(B(O)O)cc1. The summed E-state index contributed by atoms with van der Waals surface area (Å²) in [7, 11) is -1.46. The highest BCUT2D eigenvalue weighted by Crippen LogP contribution is 1.96. The summed E-state index contributed by atoms with van der Waals surface area (Å²) < 4.78 is 0. The van der Waals surface area contributed by atoms with E-state index in [0.29, 0.717) is 12.0 Å². The zero-order valence-corrected chi connectivity index (χ0v) is 8.18. The monoisotopic (exact) mass is 205 g/mol. The molecule has 1 rings (SSSR count). The molecular weight excluding hydrogens is 193 g/mol. The largest absolute Gasteiger partial charge is 0.488 e. The third kappa shape index (κ3) is 3.57. The van der Waals surface area contributed by atoms with Crippen LogP contribution in [0.25, 0.3) is 0 Å². The summed E-state index contributed by atoms with van der Waals surface area (Å²) in [4.78, 5) is 10.9. The average molecular weight is 205 g/mol. The van der Waals surface area contributed by atoms with Gasteiger partial charge in [-0.1, -0.05) is 30.8 Å². The molecule has 1 amide bonds. The summed E-state index contributed by atoms with van der Waals surface area (Å²) in [5.41, 5.74) is 1.31. The summed E-state index contributed by atoms with van der Waals surface area (Å²) in [6.07, 6.45) is 1.20. The number of nitrogens with one attached hydrogen (secondary N) is 1. The van der Waals surface area contributed by atoms with Crippen molar-refractivity contribution >= 4 is 18.5 Å². The number of hydrogen-bond acceptors (Lipinski definition) is 3. The van der Waals surface area contributed by atoms with Gasteiger partial charge in [0, 0.05) is 6.54 Å². The summed E-state index contributed by atoms with van der Waals surface area (Å²) in [5.74, 6) is -0.235. The van der Waals surface area contributed by atoms with Crippen molar-refractivity contribution in [1.82, 2.24) is 5.32 Å². The Balaban J connectivity index is 2.57. The van der Waals surface area contributed by atoms with Crippen LogP contribution < -0.4 is 10.8 Å². The molecule has 0 heterocycles. The van der Waals surface area contributed by atoms with Crippen LogP contribution in [-0.2, 0) is 11.3 Å². The molecule has 3 N–H and O–H groups in total. The fourth-order valence-electron chi connectivity index (χ4n) is 1.07. The van der Waals surface area contributed by atoms with Crippen molar-refractivity contribution in [2.24, 2.45) is 0 Å². The van der Waals surface area contributed by atoms with Crippen LogP contribution in [0.3, 0.4) is 0 Å². The number of carbonyl (C=O) groups is 1. The maximum Gasteiger partial charge on any atom is 0.488 e. The molecule has 1 aromatic carbocycles. The molecule has 78 valence electrons. The second-order valence-corrected chi connectivity index (χ2v) is 3.04. The number of benzene rings is 1. The summed E-state index contributed by atoms with van der Waals surface area (Å²) in [5, 5.41) is 20.3. The van der Waals surface area contributed by atoms with Gasteiger partial charge in [-0.05, 0) is 17.1 Å². The van der Waals surface area contributed by atoms with Gasteiger partial charge in [-0.15, -0.1) is 0 Å². The Bertz CT molecular complexity index is 348. The highest BCUT2D eigenvalue weighted by atomic mass is 16.4. The number of amides is 1. The standard InChI is InChI=1S/C10H12BNO3/c1-2-10(13)12-7-8-3-5-9(6-4-8)11(14)15/h2-6,14-15H,1,7H2,(H,12,13). The lowest BCUT2D eigenvalue weighted by Gasteiger charge is -2.04. The minimum atomic E-state index is -1.46. The third-order valence-corrected chi connectivity index (χ3v) is 1.93. The second kappa shape index (κ2) is 5.33. The van der Waals surface area contributed by atoms with E-state index in [1.54, 1.807) is 24.3 Å². The van der Waals surface area contributed by atoms with Gasteiger partial charge >= 0.3 is 7.12 Å². The van der Waals surface area contributed by atoms with Crippen LogP contribution in [0.2, 0.25) is 0 Å². The fourth-order valence-corrected chi connectivity index (χ4v) is 1.07. The van der Waals surface area contributed by atoms with Crippen LogP contribution >= 0.6 is 0 Å². The number of rotatable bonds is 4. The molecule has 0 aliphatic carbocycles. The Kier molecular flexibility index (Phi) is 4.09. The van der Waals surface area contributed by atoms with Crippen LogP contribution in [0.4, 0.5) is 0 Å².